The second-order valence-electron chi connectivity index (χ2n) is 9.49. The third-order valence-electron chi connectivity index (χ3n) is 7.14. The minimum absolute atomic E-state index is 0.000308. The van der Waals surface area contributed by atoms with E-state index < -0.39 is 34.5 Å². The molecule has 4 rings (SSSR count). The quantitative estimate of drug-likeness (QED) is 0.349. The van der Waals surface area contributed by atoms with E-state index in [4.69, 9.17) is 16.0 Å². The molecule has 2 aromatic carbocycles. The number of nitrogens with zero attached hydrogens (tertiary/aromatic N) is 2. The summed E-state index contributed by atoms with van der Waals surface area (Å²) in [4.78, 5) is 14.6. The van der Waals surface area contributed by atoms with Crippen LogP contribution in [-0.4, -0.2) is 39.4 Å². The maximum absolute atomic E-state index is 15.0. The molecule has 1 fully saturated rings. The second kappa shape index (κ2) is 11.9. The molecule has 1 saturated heterocycles. The highest BCUT2D eigenvalue weighted by atomic mass is 35.5. The van der Waals surface area contributed by atoms with Gasteiger partial charge >= 0.3 is 5.76 Å². The van der Waals surface area contributed by atoms with Gasteiger partial charge in [0.25, 0.3) is 0 Å². The Balaban J connectivity index is 1.70. The van der Waals surface area contributed by atoms with E-state index in [0.717, 1.165) is 42.6 Å². The minimum Gasteiger partial charge on any atom is -0.391 e. The number of anilines is 1. The predicted molar refractivity (Wildman–Crippen MR) is 144 cm³/mol. The molecular weight excluding hydrogens is 517 g/mol. The Kier molecular flexibility index (Phi) is 8.84. The Morgan fingerprint density at radius 2 is 1.95 bits per heavy atom. The first-order valence-electron chi connectivity index (χ1n) is 12.4. The molecule has 8 nitrogen and oxygen atoms in total. The largest absolute Gasteiger partial charge is 0.434 e. The first-order valence-corrected chi connectivity index (χ1v) is 13.9. The fourth-order valence-corrected chi connectivity index (χ4v) is 6.46. The molecule has 1 aliphatic rings. The van der Waals surface area contributed by atoms with Crippen LogP contribution in [0.1, 0.15) is 66.3 Å². The third kappa shape index (κ3) is 5.98. The number of rotatable bonds is 9. The van der Waals surface area contributed by atoms with Gasteiger partial charge in [0.2, 0.25) is 5.89 Å². The summed E-state index contributed by atoms with van der Waals surface area (Å²) < 4.78 is 37.1. The van der Waals surface area contributed by atoms with Crippen LogP contribution in [0.3, 0.4) is 0 Å². The lowest BCUT2D eigenvalue weighted by molar-refractivity contribution is 0.221. The average Bonchev–Trinajstić information content (AvgIpc) is 3.32. The van der Waals surface area contributed by atoms with E-state index in [1.165, 1.54) is 12.5 Å². The van der Waals surface area contributed by atoms with Crippen molar-refractivity contribution in [1.29, 1.82) is 0 Å². The Labute approximate surface area is 223 Å². The van der Waals surface area contributed by atoms with Crippen molar-refractivity contribution < 1.29 is 13.0 Å². The van der Waals surface area contributed by atoms with Gasteiger partial charge in [-0.15, -0.1) is 5.10 Å². The van der Waals surface area contributed by atoms with Gasteiger partial charge in [0, 0.05) is 30.1 Å². The van der Waals surface area contributed by atoms with Crippen molar-refractivity contribution in [3.63, 3.8) is 0 Å². The Hall–Kier alpha value is -2.53. The van der Waals surface area contributed by atoms with Gasteiger partial charge in [-0.2, -0.15) is 0 Å². The Bertz CT molecular complexity index is 1340. The topological polar surface area (TPSA) is 103 Å². The molecule has 0 radical (unpaired) electrons. The van der Waals surface area contributed by atoms with Crippen LogP contribution in [0.4, 0.5) is 10.1 Å². The van der Waals surface area contributed by atoms with Crippen molar-refractivity contribution in [3.8, 4) is 0 Å². The molecule has 0 spiro atoms. The molecule has 37 heavy (non-hydrogen) atoms. The van der Waals surface area contributed by atoms with Gasteiger partial charge in [0.05, 0.1) is 10.6 Å². The smallest absolute Gasteiger partial charge is 0.391 e. The predicted octanol–water partition coefficient (Wildman–Crippen LogP) is 4.96. The van der Waals surface area contributed by atoms with Gasteiger partial charge in [-0.25, -0.2) is 23.2 Å². The molecule has 1 aliphatic heterocycles. The van der Waals surface area contributed by atoms with E-state index in [2.05, 4.69) is 25.1 Å². The zero-order valence-electron chi connectivity index (χ0n) is 21.5. The molecular formula is C26H33ClFN5O3S. The monoisotopic (exact) mass is 549 g/mol. The van der Waals surface area contributed by atoms with Crippen LogP contribution in [0.5, 0.6) is 0 Å². The molecule has 3 atom stereocenters. The third-order valence-corrected chi connectivity index (χ3v) is 8.70. The summed E-state index contributed by atoms with van der Waals surface area (Å²) in [5.74, 6) is -1.70. The number of benzene rings is 2. The van der Waals surface area contributed by atoms with Gasteiger partial charge in [-0.05, 0) is 74.7 Å². The SMILES string of the molecule is CNc1c(S(=O)NC(c2n[nH]c(=O)o2)C(C)c2c(F)ccc(C)c2C)ccc(Cl)c1CN1CCCCC1. The van der Waals surface area contributed by atoms with Crippen molar-refractivity contribution in [2.45, 2.75) is 63.4 Å². The molecule has 3 N–H and O–H groups in total. The number of hydrogen-bond donors (Lipinski definition) is 3. The molecule has 2 heterocycles. The molecule has 0 saturated carbocycles. The summed E-state index contributed by atoms with van der Waals surface area (Å²) in [7, 11) is -0.0139. The number of H-pyrrole nitrogens is 1. The van der Waals surface area contributed by atoms with Crippen LogP contribution in [0.15, 0.2) is 38.4 Å². The number of aromatic nitrogens is 2. The lowest BCUT2D eigenvalue weighted by Gasteiger charge is -2.28. The fourth-order valence-electron chi connectivity index (χ4n) is 4.97. The van der Waals surface area contributed by atoms with Gasteiger partial charge < -0.3 is 9.73 Å². The van der Waals surface area contributed by atoms with Crippen molar-refractivity contribution in [3.05, 3.63) is 73.8 Å². The summed E-state index contributed by atoms with van der Waals surface area (Å²) in [6, 6.07) is 5.72. The molecule has 0 aliphatic carbocycles. The number of nitrogens with one attached hydrogen (secondary N) is 3. The van der Waals surface area contributed by atoms with Crippen molar-refractivity contribution in [2.75, 3.05) is 25.5 Å². The Morgan fingerprint density at radius 1 is 1.22 bits per heavy atom. The number of hydrogen-bond acceptors (Lipinski definition) is 6. The van der Waals surface area contributed by atoms with Gasteiger partial charge in [-0.3, -0.25) is 4.90 Å². The van der Waals surface area contributed by atoms with E-state index in [1.54, 1.807) is 32.2 Å². The lowest BCUT2D eigenvalue weighted by Crippen LogP contribution is -2.31. The standard InChI is InChI=1S/C26H33ClFN5O3S/c1-15-8-10-20(28)22(16(15)2)17(3)23(25-30-31-26(34)36-25)32-37(35)21-11-9-19(27)18(24(21)29-4)14-33-12-6-5-7-13-33/h8-11,17,23,29,32H,5-7,12-14H2,1-4H3,(H,31,34). The number of piperidine rings is 1. The van der Waals surface area contributed by atoms with E-state index in [9.17, 15) is 9.00 Å². The summed E-state index contributed by atoms with van der Waals surface area (Å²) in [6.45, 7) is 8.15. The van der Waals surface area contributed by atoms with Crippen molar-refractivity contribution in [2.24, 2.45) is 0 Å². The van der Waals surface area contributed by atoms with Crippen LogP contribution in [0, 0.1) is 19.7 Å². The summed E-state index contributed by atoms with van der Waals surface area (Å²) in [6.07, 6.45) is 3.51. The van der Waals surface area contributed by atoms with Gasteiger partial charge in [0.1, 0.15) is 22.8 Å². The molecule has 11 heteroatoms. The van der Waals surface area contributed by atoms with Crippen LogP contribution in [-0.2, 0) is 17.5 Å². The van der Waals surface area contributed by atoms with Crippen LogP contribution >= 0.6 is 11.6 Å². The molecule has 3 unspecified atom stereocenters. The van der Waals surface area contributed by atoms with E-state index in [-0.39, 0.29) is 5.89 Å². The lowest BCUT2D eigenvalue weighted by atomic mass is 9.88. The first-order chi connectivity index (χ1) is 17.7. The number of likely N-dealkylation sites (tertiary alicyclic amines) is 1. The zero-order valence-corrected chi connectivity index (χ0v) is 23.1. The maximum Gasteiger partial charge on any atom is 0.434 e. The highest BCUT2D eigenvalue weighted by Gasteiger charge is 2.32. The zero-order chi connectivity index (χ0) is 26.7. The van der Waals surface area contributed by atoms with Gasteiger partial charge in [0.15, 0.2) is 0 Å². The summed E-state index contributed by atoms with van der Waals surface area (Å²) >= 11 is 6.60. The number of aromatic amines is 1. The van der Waals surface area contributed by atoms with Crippen LogP contribution in [0.25, 0.3) is 0 Å². The molecule has 0 bridgehead atoms. The second-order valence-corrected chi connectivity index (χ2v) is 11.1. The van der Waals surface area contributed by atoms with E-state index in [1.807, 2.05) is 13.8 Å². The number of halogens is 2. The van der Waals surface area contributed by atoms with Crippen molar-refractivity contribution in [1.82, 2.24) is 19.8 Å². The molecule has 200 valence electrons. The number of aryl methyl sites for hydroxylation is 1. The normalized spacial score (nSPS) is 16.9. The maximum atomic E-state index is 15.0. The minimum atomic E-state index is -1.78. The Morgan fingerprint density at radius 3 is 2.59 bits per heavy atom. The van der Waals surface area contributed by atoms with Crippen LogP contribution in [0.2, 0.25) is 5.02 Å². The van der Waals surface area contributed by atoms with Crippen LogP contribution < -0.4 is 15.8 Å². The fraction of sp³-hybridized carbons (Fsp3) is 0.462. The molecule has 0 amide bonds. The molecule has 3 aromatic rings. The molecule has 1 aromatic heterocycles. The summed E-state index contributed by atoms with van der Waals surface area (Å²) in [5.41, 5.74) is 3.68. The first kappa shape index (κ1) is 27.5. The van der Waals surface area contributed by atoms with E-state index in [0.29, 0.717) is 27.7 Å². The highest BCUT2D eigenvalue weighted by Crippen LogP contribution is 2.37. The summed E-state index contributed by atoms with van der Waals surface area (Å²) in [5, 5.41) is 10.0. The van der Waals surface area contributed by atoms with Crippen molar-refractivity contribution >= 4 is 28.3 Å². The van der Waals surface area contributed by atoms with Gasteiger partial charge in [-0.1, -0.05) is 31.0 Å². The van der Waals surface area contributed by atoms with E-state index >= 15 is 4.39 Å². The average molecular weight is 550 g/mol. The highest BCUT2D eigenvalue weighted by molar-refractivity contribution is 7.83.